The third kappa shape index (κ3) is 5.89. The van der Waals surface area contributed by atoms with E-state index in [0.29, 0.717) is 6.54 Å². The zero-order valence-electron chi connectivity index (χ0n) is 11.5. The van der Waals surface area contributed by atoms with Crippen LogP contribution in [0.2, 0.25) is 0 Å². The van der Waals surface area contributed by atoms with Crippen LogP contribution in [0.5, 0.6) is 0 Å². The van der Waals surface area contributed by atoms with Crippen LogP contribution in [0.3, 0.4) is 0 Å². The minimum Gasteiger partial charge on any atom is -0.480 e. The number of carboxylic acid groups (broad SMARTS) is 1. The van der Waals surface area contributed by atoms with Gasteiger partial charge in [0.2, 0.25) is 0 Å². The van der Waals surface area contributed by atoms with E-state index >= 15 is 0 Å². The quantitative estimate of drug-likeness (QED) is 0.619. The van der Waals surface area contributed by atoms with E-state index in [-0.39, 0.29) is 5.92 Å². The summed E-state index contributed by atoms with van der Waals surface area (Å²) >= 11 is 0. The van der Waals surface area contributed by atoms with Crippen LogP contribution < -0.4 is 10.6 Å². The Hall–Kier alpha value is -1.34. The molecule has 19 heavy (non-hydrogen) atoms. The first-order valence-electron chi connectivity index (χ1n) is 6.58. The Kier molecular flexibility index (Phi) is 6.58. The Bertz CT molecular complexity index is 303. The number of ether oxygens (including phenoxy) is 1. The lowest BCUT2D eigenvalue weighted by molar-refractivity contribution is -0.140. The lowest BCUT2D eigenvalue weighted by atomic mass is 10.1. The number of hydrogen-bond acceptors (Lipinski definition) is 4. The number of amides is 2. The van der Waals surface area contributed by atoms with Crippen molar-refractivity contribution >= 4 is 12.0 Å². The van der Waals surface area contributed by atoms with Gasteiger partial charge in [0.25, 0.3) is 0 Å². The molecule has 1 aliphatic rings. The van der Waals surface area contributed by atoms with Crippen LogP contribution in [-0.2, 0) is 9.53 Å². The van der Waals surface area contributed by atoms with Gasteiger partial charge in [0, 0.05) is 26.2 Å². The van der Waals surface area contributed by atoms with Crippen molar-refractivity contribution in [3.63, 3.8) is 0 Å². The Balaban J connectivity index is 2.21. The molecule has 0 radical (unpaired) electrons. The van der Waals surface area contributed by atoms with Gasteiger partial charge in [-0.3, -0.25) is 4.90 Å². The minimum atomic E-state index is -1.02. The second-order valence-electron chi connectivity index (χ2n) is 4.91. The molecule has 1 fully saturated rings. The maximum atomic E-state index is 11.6. The molecule has 1 atom stereocenters. The zero-order chi connectivity index (χ0) is 14.3. The Morgan fingerprint density at radius 3 is 2.47 bits per heavy atom. The van der Waals surface area contributed by atoms with Crippen LogP contribution in [0.15, 0.2) is 0 Å². The number of carboxylic acids is 1. The van der Waals surface area contributed by atoms with E-state index in [0.717, 1.165) is 32.8 Å². The summed E-state index contributed by atoms with van der Waals surface area (Å²) in [7, 11) is 0. The minimum absolute atomic E-state index is 0.150. The SMILES string of the molecule is CC(C)[C@H](NC(=O)NCCN1CCOCC1)C(=O)O. The second kappa shape index (κ2) is 7.96. The Morgan fingerprint density at radius 2 is 1.95 bits per heavy atom. The normalized spacial score (nSPS) is 18.1. The molecule has 0 aromatic carbocycles. The number of hydrogen-bond donors (Lipinski definition) is 3. The summed E-state index contributed by atoms with van der Waals surface area (Å²) in [5.74, 6) is -1.17. The van der Waals surface area contributed by atoms with E-state index in [2.05, 4.69) is 15.5 Å². The predicted octanol–water partition coefficient (Wildman–Crippen LogP) is -0.273. The number of rotatable bonds is 6. The number of aliphatic carboxylic acids is 1. The highest BCUT2D eigenvalue weighted by atomic mass is 16.5. The van der Waals surface area contributed by atoms with Crippen molar-refractivity contribution in [3.8, 4) is 0 Å². The van der Waals surface area contributed by atoms with Gasteiger partial charge in [-0.05, 0) is 5.92 Å². The van der Waals surface area contributed by atoms with E-state index in [4.69, 9.17) is 9.84 Å². The van der Waals surface area contributed by atoms with Crippen molar-refractivity contribution in [3.05, 3.63) is 0 Å². The van der Waals surface area contributed by atoms with Crippen molar-refractivity contribution in [2.75, 3.05) is 39.4 Å². The molecule has 0 aromatic heterocycles. The molecule has 110 valence electrons. The van der Waals surface area contributed by atoms with Crippen LogP contribution in [0.25, 0.3) is 0 Å². The monoisotopic (exact) mass is 273 g/mol. The summed E-state index contributed by atoms with van der Waals surface area (Å²) in [6.45, 7) is 7.94. The van der Waals surface area contributed by atoms with Gasteiger partial charge in [-0.1, -0.05) is 13.8 Å². The molecule has 1 saturated heterocycles. The fraction of sp³-hybridized carbons (Fsp3) is 0.833. The lowest BCUT2D eigenvalue weighted by Gasteiger charge is -2.26. The summed E-state index contributed by atoms with van der Waals surface area (Å²) in [6.07, 6.45) is 0. The third-order valence-corrected chi connectivity index (χ3v) is 3.04. The second-order valence-corrected chi connectivity index (χ2v) is 4.91. The van der Waals surface area contributed by atoms with Crippen molar-refractivity contribution in [2.24, 2.45) is 5.92 Å². The predicted molar refractivity (Wildman–Crippen MR) is 70.1 cm³/mol. The molecule has 0 spiro atoms. The topological polar surface area (TPSA) is 90.9 Å². The zero-order valence-corrected chi connectivity index (χ0v) is 11.5. The molecular weight excluding hydrogens is 250 g/mol. The van der Waals surface area contributed by atoms with Gasteiger partial charge in [0.1, 0.15) is 6.04 Å². The summed E-state index contributed by atoms with van der Waals surface area (Å²) in [6, 6.07) is -1.29. The first-order valence-corrected chi connectivity index (χ1v) is 6.58. The number of morpholine rings is 1. The average Bonchev–Trinajstić information content (AvgIpc) is 2.36. The highest BCUT2D eigenvalue weighted by Gasteiger charge is 2.23. The number of carbonyl (C=O) groups is 2. The fourth-order valence-corrected chi connectivity index (χ4v) is 1.86. The van der Waals surface area contributed by atoms with E-state index in [9.17, 15) is 9.59 Å². The first kappa shape index (κ1) is 15.7. The van der Waals surface area contributed by atoms with Gasteiger partial charge >= 0.3 is 12.0 Å². The number of urea groups is 1. The molecule has 1 aliphatic heterocycles. The Morgan fingerprint density at radius 1 is 1.32 bits per heavy atom. The molecular formula is C12H23N3O4. The van der Waals surface area contributed by atoms with Crippen LogP contribution in [0.1, 0.15) is 13.8 Å². The number of nitrogens with zero attached hydrogens (tertiary/aromatic N) is 1. The molecule has 1 rings (SSSR count). The molecule has 0 aliphatic carbocycles. The van der Waals surface area contributed by atoms with Crippen LogP contribution >= 0.6 is 0 Å². The smallest absolute Gasteiger partial charge is 0.326 e. The highest BCUT2D eigenvalue weighted by Crippen LogP contribution is 2.01. The van der Waals surface area contributed by atoms with Crippen molar-refractivity contribution in [1.82, 2.24) is 15.5 Å². The largest absolute Gasteiger partial charge is 0.480 e. The molecule has 0 saturated carbocycles. The van der Waals surface area contributed by atoms with Crippen LogP contribution in [-0.4, -0.2) is 67.4 Å². The summed E-state index contributed by atoms with van der Waals surface area (Å²) in [4.78, 5) is 24.7. The summed E-state index contributed by atoms with van der Waals surface area (Å²) < 4.78 is 5.23. The standard InChI is InChI=1S/C12H23N3O4/c1-9(2)10(11(16)17)14-12(18)13-3-4-15-5-7-19-8-6-15/h9-10H,3-8H2,1-2H3,(H,16,17)(H2,13,14,18)/t10-/m0/s1. The lowest BCUT2D eigenvalue weighted by Crippen LogP contribution is -2.50. The van der Waals surface area contributed by atoms with Gasteiger partial charge in [-0.15, -0.1) is 0 Å². The van der Waals surface area contributed by atoms with Crippen molar-refractivity contribution < 1.29 is 19.4 Å². The molecule has 3 N–H and O–H groups in total. The van der Waals surface area contributed by atoms with Crippen LogP contribution in [0.4, 0.5) is 4.79 Å². The molecule has 7 nitrogen and oxygen atoms in total. The average molecular weight is 273 g/mol. The van der Waals surface area contributed by atoms with E-state index in [1.54, 1.807) is 13.8 Å². The fourth-order valence-electron chi connectivity index (χ4n) is 1.86. The molecule has 0 bridgehead atoms. The maximum Gasteiger partial charge on any atom is 0.326 e. The van der Waals surface area contributed by atoms with Crippen molar-refractivity contribution in [2.45, 2.75) is 19.9 Å². The van der Waals surface area contributed by atoms with Gasteiger partial charge in [0.15, 0.2) is 0 Å². The van der Waals surface area contributed by atoms with E-state index < -0.39 is 18.0 Å². The maximum absolute atomic E-state index is 11.6. The number of nitrogens with one attached hydrogen (secondary N) is 2. The molecule has 2 amide bonds. The Labute approximate surface area is 113 Å². The van der Waals surface area contributed by atoms with Gasteiger partial charge in [-0.25, -0.2) is 9.59 Å². The first-order chi connectivity index (χ1) is 9.00. The van der Waals surface area contributed by atoms with Gasteiger partial charge in [0.05, 0.1) is 13.2 Å². The molecule has 7 heteroatoms. The van der Waals surface area contributed by atoms with E-state index in [1.165, 1.54) is 0 Å². The van der Waals surface area contributed by atoms with Crippen molar-refractivity contribution in [1.29, 1.82) is 0 Å². The van der Waals surface area contributed by atoms with E-state index in [1.807, 2.05) is 0 Å². The summed E-state index contributed by atoms with van der Waals surface area (Å²) in [5, 5.41) is 14.1. The molecule has 1 heterocycles. The summed E-state index contributed by atoms with van der Waals surface area (Å²) in [5.41, 5.74) is 0. The number of carbonyl (C=O) groups excluding carboxylic acids is 1. The van der Waals surface area contributed by atoms with Crippen LogP contribution in [0, 0.1) is 5.92 Å². The van der Waals surface area contributed by atoms with Gasteiger partial charge < -0.3 is 20.5 Å². The van der Waals surface area contributed by atoms with Gasteiger partial charge in [-0.2, -0.15) is 0 Å². The highest BCUT2D eigenvalue weighted by molar-refractivity contribution is 5.82. The molecule has 0 unspecified atom stereocenters. The third-order valence-electron chi connectivity index (χ3n) is 3.04. The molecule has 0 aromatic rings.